The van der Waals surface area contributed by atoms with Crippen molar-refractivity contribution < 1.29 is 9.53 Å². The van der Waals surface area contributed by atoms with Crippen LogP contribution in [0.25, 0.3) is 0 Å². The molecule has 9 heteroatoms. The average Bonchev–Trinajstić information content (AvgIpc) is 3.13. The predicted octanol–water partition coefficient (Wildman–Crippen LogP) is 3.46. The lowest BCUT2D eigenvalue weighted by Crippen LogP contribution is -2.41. The highest BCUT2D eigenvalue weighted by atomic mass is 32.2. The van der Waals surface area contributed by atoms with E-state index in [4.69, 9.17) is 17.0 Å². The molecule has 0 radical (unpaired) electrons. The molecular formula is C21H23N5O2S2. The van der Waals surface area contributed by atoms with Crippen molar-refractivity contribution in [2.24, 2.45) is 0 Å². The Kier molecular flexibility index (Phi) is 7.81. The van der Waals surface area contributed by atoms with Gasteiger partial charge in [0, 0.05) is 12.2 Å². The predicted molar refractivity (Wildman–Crippen MR) is 122 cm³/mol. The van der Waals surface area contributed by atoms with Gasteiger partial charge in [0.05, 0.1) is 0 Å². The lowest BCUT2D eigenvalue weighted by atomic mass is 10.2. The minimum Gasteiger partial charge on any atom is -0.483 e. The van der Waals surface area contributed by atoms with Crippen LogP contribution in [0.5, 0.6) is 5.75 Å². The Balaban J connectivity index is 1.56. The van der Waals surface area contributed by atoms with Crippen LogP contribution >= 0.6 is 24.0 Å². The summed E-state index contributed by atoms with van der Waals surface area (Å²) in [5.74, 6) is 1.78. The monoisotopic (exact) mass is 441 g/mol. The van der Waals surface area contributed by atoms with Crippen LogP contribution in [0, 0.1) is 6.92 Å². The van der Waals surface area contributed by atoms with Crippen LogP contribution in [0.1, 0.15) is 23.9 Å². The first kappa shape index (κ1) is 21.8. The number of hydrogen-bond acceptors (Lipinski definition) is 6. The summed E-state index contributed by atoms with van der Waals surface area (Å²) in [4.78, 5) is 12.2. The van der Waals surface area contributed by atoms with Gasteiger partial charge in [0.25, 0.3) is 5.91 Å². The van der Waals surface area contributed by atoms with E-state index >= 15 is 0 Å². The zero-order valence-corrected chi connectivity index (χ0v) is 18.4. The molecule has 7 nitrogen and oxygen atoms in total. The number of amides is 1. The van der Waals surface area contributed by atoms with Crippen molar-refractivity contribution in [3.63, 3.8) is 0 Å². The minimum absolute atomic E-state index is 0.134. The molecule has 0 aliphatic rings. The summed E-state index contributed by atoms with van der Waals surface area (Å²) in [6.45, 7) is 3.77. The summed E-state index contributed by atoms with van der Waals surface area (Å²) in [7, 11) is 0. The highest BCUT2D eigenvalue weighted by Crippen LogP contribution is 2.21. The molecule has 0 atom stereocenters. The Hall–Kier alpha value is -2.91. The summed E-state index contributed by atoms with van der Waals surface area (Å²) in [5, 5.41) is 11.9. The Morgan fingerprint density at radius 2 is 1.87 bits per heavy atom. The van der Waals surface area contributed by atoms with E-state index < -0.39 is 0 Å². The molecule has 156 valence electrons. The van der Waals surface area contributed by atoms with Gasteiger partial charge in [-0.2, -0.15) is 0 Å². The van der Waals surface area contributed by atoms with Crippen LogP contribution in [0.3, 0.4) is 0 Å². The largest absolute Gasteiger partial charge is 0.483 e. The lowest BCUT2D eigenvalue weighted by Gasteiger charge is -2.14. The van der Waals surface area contributed by atoms with E-state index in [0.29, 0.717) is 17.3 Å². The van der Waals surface area contributed by atoms with E-state index in [2.05, 4.69) is 33.1 Å². The summed E-state index contributed by atoms with van der Waals surface area (Å²) in [6, 6.07) is 17.6. The fourth-order valence-corrected chi connectivity index (χ4v) is 3.68. The normalized spacial score (nSPS) is 10.5. The number of benzene rings is 2. The number of carbonyl (C=O) groups excluding carboxylic acids is 1. The second-order valence-corrected chi connectivity index (χ2v) is 7.76. The first-order chi connectivity index (χ1) is 14.6. The zero-order valence-electron chi connectivity index (χ0n) is 16.8. The Morgan fingerprint density at radius 3 is 2.60 bits per heavy atom. The first-order valence-corrected chi connectivity index (χ1v) is 10.9. The molecule has 0 spiro atoms. The maximum Gasteiger partial charge on any atom is 0.264 e. The van der Waals surface area contributed by atoms with Crippen molar-refractivity contribution in [1.29, 1.82) is 0 Å². The van der Waals surface area contributed by atoms with Crippen molar-refractivity contribution in [2.45, 2.75) is 31.2 Å². The topological polar surface area (TPSA) is 81.1 Å². The number of rotatable bonds is 8. The number of ether oxygens (including phenoxy) is 1. The van der Waals surface area contributed by atoms with E-state index in [-0.39, 0.29) is 17.6 Å². The molecule has 0 saturated heterocycles. The number of thiocarbonyl (C=S) groups is 1. The third kappa shape index (κ3) is 6.04. The molecule has 3 rings (SSSR count). The third-order valence-electron chi connectivity index (χ3n) is 4.15. The number of hydrogen-bond donors (Lipinski definition) is 2. The quantitative estimate of drug-likeness (QED) is 0.409. The van der Waals surface area contributed by atoms with Crippen molar-refractivity contribution >= 4 is 35.0 Å². The van der Waals surface area contributed by atoms with Crippen molar-refractivity contribution in [2.75, 3.05) is 12.0 Å². The molecule has 0 aliphatic carbocycles. The molecular weight excluding hydrogens is 418 g/mol. The van der Waals surface area contributed by atoms with Crippen molar-refractivity contribution in [3.05, 3.63) is 71.5 Å². The molecule has 1 heterocycles. The fraction of sp³-hybridized carbons (Fsp3) is 0.238. The molecule has 3 aromatic rings. The van der Waals surface area contributed by atoms with Gasteiger partial charge in [-0.3, -0.25) is 15.5 Å². The van der Waals surface area contributed by atoms with E-state index in [9.17, 15) is 4.79 Å². The number of aromatic nitrogens is 3. The van der Waals surface area contributed by atoms with Crippen LogP contribution in [-0.4, -0.2) is 32.5 Å². The van der Waals surface area contributed by atoms with Gasteiger partial charge >= 0.3 is 0 Å². The zero-order chi connectivity index (χ0) is 21.3. The van der Waals surface area contributed by atoms with E-state index in [0.717, 1.165) is 17.1 Å². The van der Waals surface area contributed by atoms with Gasteiger partial charge in [0.15, 0.2) is 17.5 Å². The van der Waals surface area contributed by atoms with Crippen LogP contribution in [0.15, 0.2) is 59.8 Å². The van der Waals surface area contributed by atoms with Crippen LogP contribution in [-0.2, 0) is 17.0 Å². The van der Waals surface area contributed by atoms with Gasteiger partial charge in [0.2, 0.25) is 5.16 Å². The van der Waals surface area contributed by atoms with Crippen LogP contribution in [0.4, 0.5) is 0 Å². The van der Waals surface area contributed by atoms with Gasteiger partial charge < -0.3 is 4.74 Å². The van der Waals surface area contributed by atoms with Crippen LogP contribution < -0.4 is 15.5 Å². The number of nitrogens with zero attached hydrogens (tertiary/aromatic N) is 3. The lowest BCUT2D eigenvalue weighted by molar-refractivity contribution is -0.121. The summed E-state index contributed by atoms with van der Waals surface area (Å²) >= 11 is 6.83. The van der Waals surface area contributed by atoms with Gasteiger partial charge in [-0.05, 0) is 36.3 Å². The number of nitrogens with one attached hydrogen (secondary N) is 2. The van der Waals surface area contributed by atoms with Gasteiger partial charge in [-0.1, -0.05) is 67.2 Å². The molecule has 0 saturated carbocycles. The molecule has 1 aromatic heterocycles. The summed E-state index contributed by atoms with van der Waals surface area (Å²) in [5.41, 5.74) is 5.14. The molecule has 0 fully saturated rings. The second kappa shape index (κ2) is 10.7. The molecule has 2 N–H and O–H groups in total. The third-order valence-corrected chi connectivity index (χ3v) is 5.34. The fourth-order valence-electron chi connectivity index (χ4n) is 2.61. The number of para-hydroxylation sites is 1. The summed E-state index contributed by atoms with van der Waals surface area (Å²) in [6.07, 6.45) is 0.666. The Labute approximate surface area is 185 Å². The smallest absolute Gasteiger partial charge is 0.264 e. The number of thioether (sulfide) groups is 1. The second-order valence-electron chi connectivity index (χ2n) is 6.41. The highest BCUT2D eigenvalue weighted by molar-refractivity contribution is 7.98. The molecule has 0 unspecified atom stereocenters. The SMILES string of the molecule is CCc1nnc(SCc2ccccc2)n1NC(=S)NC(=O)COc1ccccc1C. The maximum absolute atomic E-state index is 12.2. The molecule has 0 bridgehead atoms. The molecule has 0 aliphatic heterocycles. The van der Waals surface area contributed by atoms with E-state index in [1.807, 2.05) is 56.3 Å². The number of carbonyl (C=O) groups is 1. The summed E-state index contributed by atoms with van der Waals surface area (Å²) < 4.78 is 7.26. The first-order valence-electron chi connectivity index (χ1n) is 9.47. The van der Waals surface area contributed by atoms with Crippen LogP contribution in [0.2, 0.25) is 0 Å². The molecule has 30 heavy (non-hydrogen) atoms. The molecule has 1 amide bonds. The Bertz CT molecular complexity index is 1010. The van der Waals surface area contributed by atoms with Gasteiger partial charge in [-0.15, -0.1) is 10.2 Å². The maximum atomic E-state index is 12.2. The van der Waals surface area contributed by atoms with E-state index in [1.54, 1.807) is 4.68 Å². The highest BCUT2D eigenvalue weighted by Gasteiger charge is 2.14. The number of aryl methyl sites for hydroxylation is 2. The van der Waals surface area contributed by atoms with E-state index in [1.165, 1.54) is 17.3 Å². The minimum atomic E-state index is -0.347. The average molecular weight is 442 g/mol. The van der Waals surface area contributed by atoms with Crippen molar-refractivity contribution in [1.82, 2.24) is 20.2 Å². The molecule has 2 aromatic carbocycles. The Morgan fingerprint density at radius 1 is 1.13 bits per heavy atom. The van der Waals surface area contributed by atoms with Gasteiger partial charge in [0.1, 0.15) is 5.75 Å². The standard InChI is InChI=1S/C21H23N5O2S2/c1-3-18-23-24-21(30-14-16-10-5-4-6-11-16)26(18)25-20(29)22-19(27)13-28-17-12-8-7-9-15(17)2/h4-12H,3,13-14H2,1-2H3,(H2,22,25,27,29). The van der Waals surface area contributed by atoms with Crippen molar-refractivity contribution in [3.8, 4) is 5.75 Å². The van der Waals surface area contributed by atoms with Gasteiger partial charge in [-0.25, -0.2) is 4.68 Å².